The summed E-state index contributed by atoms with van der Waals surface area (Å²) in [5.41, 5.74) is -0.347. The van der Waals surface area contributed by atoms with Crippen LogP contribution in [0.25, 0.3) is 0 Å². The van der Waals surface area contributed by atoms with E-state index in [0.717, 1.165) is 12.1 Å². The van der Waals surface area contributed by atoms with E-state index in [-0.39, 0.29) is 24.5 Å². The van der Waals surface area contributed by atoms with E-state index < -0.39 is 38.6 Å². The zero-order chi connectivity index (χ0) is 21.9. The Hall–Kier alpha value is -2.10. The zero-order valence-electron chi connectivity index (χ0n) is 15.8. The van der Waals surface area contributed by atoms with Crippen molar-refractivity contribution in [1.29, 1.82) is 0 Å². The third-order valence-electron chi connectivity index (χ3n) is 4.95. The number of benzene rings is 2. The number of nitrogens with one attached hydrogen (secondary N) is 1. The Labute approximate surface area is 177 Å². The van der Waals surface area contributed by atoms with Crippen molar-refractivity contribution < 1.29 is 26.4 Å². The lowest BCUT2D eigenvalue weighted by Gasteiger charge is -2.30. The van der Waals surface area contributed by atoms with Gasteiger partial charge in [-0.05, 0) is 36.6 Å². The molecule has 0 atom stereocenters. The molecule has 1 N–H and O–H groups in total. The van der Waals surface area contributed by atoms with Gasteiger partial charge in [-0.2, -0.15) is 13.2 Å². The van der Waals surface area contributed by atoms with Crippen LogP contribution in [0, 0.1) is 5.92 Å². The van der Waals surface area contributed by atoms with Crippen LogP contribution in [0.5, 0.6) is 0 Å². The van der Waals surface area contributed by atoms with Gasteiger partial charge in [0, 0.05) is 24.7 Å². The Kier molecular flexibility index (Phi) is 6.74. The van der Waals surface area contributed by atoms with Crippen LogP contribution in [-0.2, 0) is 26.7 Å². The molecule has 0 saturated carbocycles. The van der Waals surface area contributed by atoms with Crippen molar-refractivity contribution in [2.24, 2.45) is 5.92 Å². The third-order valence-corrected chi connectivity index (χ3v) is 7.13. The molecule has 1 fully saturated rings. The highest BCUT2D eigenvalue weighted by atomic mass is 35.5. The van der Waals surface area contributed by atoms with E-state index in [0.29, 0.717) is 18.4 Å². The van der Waals surface area contributed by atoms with Crippen LogP contribution >= 0.6 is 11.6 Å². The van der Waals surface area contributed by atoms with Crippen molar-refractivity contribution >= 4 is 33.2 Å². The molecule has 30 heavy (non-hydrogen) atoms. The van der Waals surface area contributed by atoms with Gasteiger partial charge >= 0.3 is 6.18 Å². The largest absolute Gasteiger partial charge is 0.417 e. The molecule has 0 unspecified atom stereocenters. The molecule has 1 saturated heterocycles. The molecule has 0 bridgehead atoms. The fraction of sp³-hybridized carbons (Fsp3) is 0.350. The smallest absolute Gasteiger partial charge is 0.326 e. The molecule has 1 aliphatic heterocycles. The fourth-order valence-electron chi connectivity index (χ4n) is 3.34. The van der Waals surface area contributed by atoms with Gasteiger partial charge in [-0.1, -0.05) is 41.9 Å². The maximum absolute atomic E-state index is 13.0. The summed E-state index contributed by atoms with van der Waals surface area (Å²) in [6.45, 7) is 0.364. The summed E-state index contributed by atoms with van der Waals surface area (Å²) in [4.78, 5) is 12.5. The maximum atomic E-state index is 13.0. The molecular formula is C20H20ClF3N2O3S. The van der Waals surface area contributed by atoms with Crippen molar-refractivity contribution in [2.75, 3.05) is 18.4 Å². The van der Waals surface area contributed by atoms with Gasteiger partial charge in [-0.3, -0.25) is 4.79 Å². The summed E-state index contributed by atoms with van der Waals surface area (Å²) in [5.74, 6) is -1.04. The number of hydrogen-bond donors (Lipinski definition) is 1. The van der Waals surface area contributed by atoms with Crippen LogP contribution in [0.1, 0.15) is 24.0 Å². The lowest BCUT2D eigenvalue weighted by molar-refractivity contribution is -0.137. The van der Waals surface area contributed by atoms with Gasteiger partial charge in [0.05, 0.1) is 16.3 Å². The van der Waals surface area contributed by atoms with Gasteiger partial charge in [0.15, 0.2) is 0 Å². The highest BCUT2D eigenvalue weighted by molar-refractivity contribution is 7.88. The van der Waals surface area contributed by atoms with E-state index in [4.69, 9.17) is 11.6 Å². The third kappa shape index (κ3) is 5.53. The number of carbonyl (C=O) groups excluding carboxylic acids is 1. The average molecular weight is 461 g/mol. The monoisotopic (exact) mass is 460 g/mol. The van der Waals surface area contributed by atoms with Gasteiger partial charge in [0.2, 0.25) is 15.9 Å². The first-order valence-corrected chi connectivity index (χ1v) is 11.2. The van der Waals surface area contributed by atoms with E-state index in [2.05, 4.69) is 5.32 Å². The maximum Gasteiger partial charge on any atom is 0.417 e. The predicted molar refractivity (Wildman–Crippen MR) is 108 cm³/mol. The van der Waals surface area contributed by atoms with E-state index in [1.165, 1.54) is 10.4 Å². The normalized spacial score (nSPS) is 16.4. The summed E-state index contributed by atoms with van der Waals surface area (Å²) in [5, 5.41) is 2.03. The first kappa shape index (κ1) is 22.6. The van der Waals surface area contributed by atoms with Crippen LogP contribution < -0.4 is 5.32 Å². The van der Waals surface area contributed by atoms with Crippen molar-refractivity contribution in [3.05, 3.63) is 64.7 Å². The number of carbonyl (C=O) groups is 1. The minimum Gasteiger partial charge on any atom is -0.326 e. The topological polar surface area (TPSA) is 66.5 Å². The number of piperidine rings is 1. The quantitative estimate of drug-likeness (QED) is 0.712. The second-order valence-electron chi connectivity index (χ2n) is 7.10. The lowest BCUT2D eigenvalue weighted by atomic mass is 9.97. The average Bonchev–Trinajstić information content (AvgIpc) is 2.69. The molecule has 1 aliphatic rings. The van der Waals surface area contributed by atoms with Gasteiger partial charge in [0.1, 0.15) is 0 Å². The Balaban J connectivity index is 1.59. The van der Waals surface area contributed by atoms with Crippen molar-refractivity contribution in [3.8, 4) is 0 Å². The molecule has 1 amide bonds. The van der Waals surface area contributed by atoms with Gasteiger partial charge < -0.3 is 5.32 Å². The fourth-order valence-corrected chi connectivity index (χ4v) is 5.12. The Bertz CT molecular complexity index is 1010. The number of rotatable bonds is 5. The number of sulfonamides is 1. The van der Waals surface area contributed by atoms with E-state index in [1.54, 1.807) is 30.3 Å². The summed E-state index contributed by atoms with van der Waals surface area (Å²) < 4.78 is 65.5. The van der Waals surface area contributed by atoms with Crippen LogP contribution in [0.3, 0.4) is 0 Å². The van der Waals surface area contributed by atoms with E-state index >= 15 is 0 Å². The number of amides is 1. The Morgan fingerprint density at radius 2 is 1.73 bits per heavy atom. The molecule has 0 aromatic heterocycles. The highest BCUT2D eigenvalue weighted by Gasteiger charge is 2.34. The molecule has 1 heterocycles. The second-order valence-corrected chi connectivity index (χ2v) is 9.47. The predicted octanol–water partition coefficient (Wildman–Crippen LogP) is 4.54. The summed E-state index contributed by atoms with van der Waals surface area (Å²) >= 11 is 5.59. The molecule has 0 radical (unpaired) electrons. The molecular weight excluding hydrogens is 441 g/mol. The van der Waals surface area contributed by atoms with Crippen molar-refractivity contribution in [1.82, 2.24) is 4.31 Å². The summed E-state index contributed by atoms with van der Waals surface area (Å²) in [6.07, 6.45) is -4.05. The molecule has 2 aromatic rings. The molecule has 0 spiro atoms. The van der Waals surface area contributed by atoms with Gasteiger partial charge in [-0.15, -0.1) is 0 Å². The molecule has 162 valence electrons. The SMILES string of the molecule is O=C(Nc1ccc(Cl)c(C(F)(F)F)c1)C1CCN(S(=O)(=O)Cc2ccccc2)CC1. The number of hydrogen-bond acceptors (Lipinski definition) is 3. The molecule has 3 rings (SSSR count). The first-order chi connectivity index (χ1) is 14.1. The number of nitrogens with zero attached hydrogens (tertiary/aromatic N) is 1. The molecule has 10 heteroatoms. The summed E-state index contributed by atoms with van der Waals surface area (Å²) in [6, 6.07) is 12.0. The van der Waals surface area contributed by atoms with Gasteiger partial charge in [-0.25, -0.2) is 12.7 Å². The van der Waals surface area contributed by atoms with Gasteiger partial charge in [0.25, 0.3) is 0 Å². The second kappa shape index (κ2) is 8.95. The zero-order valence-corrected chi connectivity index (χ0v) is 17.4. The first-order valence-electron chi connectivity index (χ1n) is 9.25. The van der Waals surface area contributed by atoms with Crippen LogP contribution in [0.2, 0.25) is 5.02 Å². The van der Waals surface area contributed by atoms with E-state index in [1.807, 2.05) is 0 Å². The highest BCUT2D eigenvalue weighted by Crippen LogP contribution is 2.36. The number of alkyl halides is 3. The molecule has 2 aromatic carbocycles. The van der Waals surface area contributed by atoms with Crippen molar-refractivity contribution in [2.45, 2.75) is 24.8 Å². The Morgan fingerprint density at radius 3 is 2.33 bits per heavy atom. The molecule has 0 aliphatic carbocycles. The Morgan fingerprint density at radius 1 is 1.10 bits per heavy atom. The minimum atomic E-state index is -4.63. The van der Waals surface area contributed by atoms with Crippen LogP contribution in [0.4, 0.5) is 18.9 Å². The number of anilines is 1. The van der Waals surface area contributed by atoms with E-state index in [9.17, 15) is 26.4 Å². The van der Waals surface area contributed by atoms with Crippen LogP contribution in [-0.4, -0.2) is 31.7 Å². The standard InChI is InChI=1S/C20H20ClF3N2O3S/c21-18-7-6-16(12-17(18)20(22,23)24)25-19(27)15-8-10-26(11-9-15)30(28,29)13-14-4-2-1-3-5-14/h1-7,12,15H,8-11,13H2,(H,25,27). The van der Waals surface area contributed by atoms with Crippen molar-refractivity contribution in [3.63, 3.8) is 0 Å². The number of halogens is 4. The lowest BCUT2D eigenvalue weighted by Crippen LogP contribution is -2.41. The van der Waals surface area contributed by atoms with Crippen LogP contribution in [0.15, 0.2) is 48.5 Å². The minimum absolute atomic E-state index is 0.00384. The summed E-state index contributed by atoms with van der Waals surface area (Å²) in [7, 11) is -3.51. The molecule has 5 nitrogen and oxygen atoms in total.